The zero-order chi connectivity index (χ0) is 11.7. The fraction of sp³-hybridized carbons (Fsp3) is 0.727. The van der Waals surface area contributed by atoms with Gasteiger partial charge in [0, 0.05) is 6.54 Å². The zero-order valence-corrected chi connectivity index (χ0v) is 9.41. The Hall–Kier alpha value is -0.835. The highest BCUT2D eigenvalue weighted by atomic mass is 19.1. The molecule has 0 aromatic heterocycles. The molecule has 16 heavy (non-hydrogen) atoms. The van der Waals surface area contributed by atoms with E-state index in [2.05, 4.69) is 9.64 Å². The summed E-state index contributed by atoms with van der Waals surface area (Å²) < 4.78 is 18.5. The number of halogens is 1. The number of piperidine rings is 3. The van der Waals surface area contributed by atoms with Gasteiger partial charge in [-0.05, 0) is 44.3 Å². The van der Waals surface area contributed by atoms with Gasteiger partial charge in [0.15, 0.2) is 0 Å². The van der Waals surface area contributed by atoms with E-state index in [1.54, 1.807) is 0 Å². The van der Waals surface area contributed by atoms with Gasteiger partial charge in [0.1, 0.15) is 7.85 Å². The van der Waals surface area contributed by atoms with Crippen molar-refractivity contribution in [2.45, 2.75) is 25.8 Å². The van der Waals surface area contributed by atoms with Gasteiger partial charge in [-0.3, -0.25) is 4.90 Å². The molecule has 3 aliphatic heterocycles. The summed E-state index contributed by atoms with van der Waals surface area (Å²) in [5.74, 6) is -1.43. The molecule has 3 fully saturated rings. The average Bonchev–Trinajstić information content (AvgIpc) is 2.28. The molecule has 3 heterocycles. The number of hydrogen-bond donors (Lipinski definition) is 0. The molecule has 0 aromatic rings. The van der Waals surface area contributed by atoms with Crippen LogP contribution < -0.4 is 0 Å². The van der Waals surface area contributed by atoms with Crippen molar-refractivity contribution in [1.82, 2.24) is 4.90 Å². The average molecular weight is 223 g/mol. The number of carbonyl (C=O) groups is 1. The lowest BCUT2D eigenvalue weighted by molar-refractivity contribution is -0.142. The molecule has 0 spiro atoms. The maximum absolute atomic E-state index is 13.8. The molecule has 1 atom stereocenters. The summed E-state index contributed by atoms with van der Waals surface area (Å²) in [4.78, 5) is 13.5. The van der Waals surface area contributed by atoms with Crippen molar-refractivity contribution in [1.29, 1.82) is 0 Å². The van der Waals surface area contributed by atoms with E-state index in [0.29, 0.717) is 12.1 Å². The first-order valence-corrected chi connectivity index (χ1v) is 5.65. The van der Waals surface area contributed by atoms with Crippen molar-refractivity contribution in [3.05, 3.63) is 11.4 Å². The first-order valence-electron chi connectivity index (χ1n) is 5.65. The van der Waals surface area contributed by atoms with Crippen LogP contribution in [0.3, 0.4) is 0 Å². The van der Waals surface area contributed by atoms with Gasteiger partial charge in [0.2, 0.25) is 5.83 Å². The summed E-state index contributed by atoms with van der Waals surface area (Å²) in [6, 6.07) is -0.764. The lowest BCUT2D eigenvalue weighted by Gasteiger charge is -2.40. The van der Waals surface area contributed by atoms with E-state index in [0.717, 1.165) is 25.9 Å². The van der Waals surface area contributed by atoms with Crippen LogP contribution in [0.2, 0.25) is 0 Å². The van der Waals surface area contributed by atoms with Crippen LogP contribution in [0.4, 0.5) is 4.39 Å². The molecule has 2 radical (unpaired) electrons. The monoisotopic (exact) mass is 223 g/mol. The van der Waals surface area contributed by atoms with Crippen LogP contribution in [0.15, 0.2) is 11.4 Å². The van der Waals surface area contributed by atoms with E-state index in [1.165, 1.54) is 6.92 Å². The summed E-state index contributed by atoms with van der Waals surface area (Å²) in [5, 5.41) is 0. The summed E-state index contributed by atoms with van der Waals surface area (Å²) in [6.07, 6.45) is 1.88. The molecular weight excluding hydrogens is 208 g/mol. The molecule has 0 amide bonds. The van der Waals surface area contributed by atoms with Gasteiger partial charge in [0.25, 0.3) is 0 Å². The second-order valence-corrected chi connectivity index (χ2v) is 4.50. The SMILES string of the molecule is [B]C(C)OC(=O)C(F)=C1CN2CCC1CC2. The topological polar surface area (TPSA) is 29.5 Å². The maximum Gasteiger partial charge on any atom is 0.366 e. The van der Waals surface area contributed by atoms with E-state index in [4.69, 9.17) is 7.85 Å². The Morgan fingerprint density at radius 3 is 2.62 bits per heavy atom. The second-order valence-electron chi connectivity index (χ2n) is 4.50. The third kappa shape index (κ3) is 2.29. The smallest absolute Gasteiger partial charge is 0.366 e. The van der Waals surface area contributed by atoms with E-state index in [1.807, 2.05) is 0 Å². The Morgan fingerprint density at radius 2 is 2.19 bits per heavy atom. The van der Waals surface area contributed by atoms with E-state index >= 15 is 0 Å². The van der Waals surface area contributed by atoms with Crippen molar-refractivity contribution in [2.75, 3.05) is 19.6 Å². The van der Waals surface area contributed by atoms with Gasteiger partial charge >= 0.3 is 5.97 Å². The molecule has 1 unspecified atom stereocenters. The van der Waals surface area contributed by atoms with Crippen LogP contribution >= 0.6 is 0 Å². The van der Waals surface area contributed by atoms with E-state index < -0.39 is 17.8 Å². The van der Waals surface area contributed by atoms with Crippen molar-refractivity contribution >= 4 is 13.8 Å². The van der Waals surface area contributed by atoms with Crippen LogP contribution in [-0.2, 0) is 9.53 Å². The molecule has 3 rings (SSSR count). The highest BCUT2D eigenvalue weighted by Gasteiger charge is 2.34. The van der Waals surface area contributed by atoms with Gasteiger partial charge in [-0.2, -0.15) is 4.39 Å². The van der Waals surface area contributed by atoms with Crippen LogP contribution in [0.25, 0.3) is 0 Å². The molecule has 86 valence electrons. The Bertz CT molecular complexity index is 322. The molecule has 3 nitrogen and oxygen atoms in total. The highest BCUT2D eigenvalue weighted by Crippen LogP contribution is 2.34. The fourth-order valence-electron chi connectivity index (χ4n) is 2.41. The minimum absolute atomic E-state index is 0.214. The number of nitrogens with zero attached hydrogens (tertiary/aromatic N) is 1. The quantitative estimate of drug-likeness (QED) is 0.397. The molecule has 0 aromatic carbocycles. The number of hydrogen-bond acceptors (Lipinski definition) is 3. The minimum Gasteiger partial charge on any atom is -0.468 e. The first kappa shape index (κ1) is 11.6. The molecule has 0 aliphatic carbocycles. The number of fused-ring (bicyclic) bond motifs is 3. The number of esters is 1. The van der Waals surface area contributed by atoms with Gasteiger partial charge in [-0.1, -0.05) is 0 Å². The van der Waals surface area contributed by atoms with Crippen molar-refractivity contribution in [2.24, 2.45) is 5.92 Å². The molecule has 0 saturated carbocycles. The predicted molar refractivity (Wildman–Crippen MR) is 58.6 cm³/mol. The standard InChI is InChI=1S/C11H15BFNO2/c1-7(12)16-11(15)10(13)9-6-14-4-2-8(9)3-5-14/h7-8H,2-6H2,1H3. The summed E-state index contributed by atoms with van der Waals surface area (Å²) in [6.45, 7) is 4.07. The summed E-state index contributed by atoms with van der Waals surface area (Å²) in [5.41, 5.74) is 0.600. The lowest BCUT2D eigenvalue weighted by atomic mass is 9.83. The van der Waals surface area contributed by atoms with Crippen LogP contribution in [0.5, 0.6) is 0 Å². The molecule has 3 aliphatic rings. The predicted octanol–water partition coefficient (Wildman–Crippen LogP) is 0.993. The summed E-state index contributed by atoms with van der Waals surface area (Å²) in [7, 11) is 5.29. The molecule has 5 heteroatoms. The lowest BCUT2D eigenvalue weighted by Crippen LogP contribution is -2.43. The maximum atomic E-state index is 13.8. The van der Waals surface area contributed by atoms with Crippen molar-refractivity contribution < 1.29 is 13.9 Å². The van der Waals surface area contributed by atoms with Gasteiger partial charge in [0.05, 0.1) is 6.00 Å². The van der Waals surface area contributed by atoms with Gasteiger partial charge < -0.3 is 4.74 Å². The Balaban J connectivity index is 2.11. The van der Waals surface area contributed by atoms with Gasteiger partial charge in [-0.15, -0.1) is 0 Å². The number of ether oxygens (including phenoxy) is 1. The Kier molecular flexibility index (Phi) is 3.33. The molecule has 3 saturated heterocycles. The van der Waals surface area contributed by atoms with Crippen molar-refractivity contribution in [3.8, 4) is 0 Å². The summed E-state index contributed by atoms with van der Waals surface area (Å²) >= 11 is 0. The van der Waals surface area contributed by atoms with E-state index in [-0.39, 0.29) is 5.92 Å². The van der Waals surface area contributed by atoms with Crippen LogP contribution in [0, 0.1) is 5.92 Å². The molecule has 0 N–H and O–H groups in total. The third-order valence-corrected chi connectivity index (χ3v) is 3.23. The highest BCUT2D eigenvalue weighted by molar-refractivity contribution is 6.11. The van der Waals surface area contributed by atoms with Crippen LogP contribution in [0.1, 0.15) is 19.8 Å². The number of carbonyl (C=O) groups excluding carboxylic acids is 1. The van der Waals surface area contributed by atoms with E-state index in [9.17, 15) is 9.18 Å². The molecule has 2 bridgehead atoms. The number of rotatable bonds is 2. The van der Waals surface area contributed by atoms with Crippen LogP contribution in [-0.4, -0.2) is 44.4 Å². The Labute approximate surface area is 96.0 Å². The first-order chi connectivity index (χ1) is 7.58. The van der Waals surface area contributed by atoms with Crippen molar-refractivity contribution in [3.63, 3.8) is 0 Å². The third-order valence-electron chi connectivity index (χ3n) is 3.23. The largest absolute Gasteiger partial charge is 0.468 e. The fourth-order valence-corrected chi connectivity index (χ4v) is 2.41. The second kappa shape index (κ2) is 4.57. The normalized spacial score (nSPS) is 33.4. The zero-order valence-electron chi connectivity index (χ0n) is 9.41. The Morgan fingerprint density at radius 1 is 1.56 bits per heavy atom. The minimum atomic E-state index is -0.918. The van der Waals surface area contributed by atoms with Gasteiger partial charge in [-0.25, -0.2) is 4.79 Å². The molecular formula is C11H15BFNO2.